The van der Waals surface area contributed by atoms with Crippen LogP contribution in [0.3, 0.4) is 0 Å². The maximum absolute atomic E-state index is 6.29. The van der Waals surface area contributed by atoms with Crippen molar-refractivity contribution < 1.29 is 0 Å². The molecule has 2 aliphatic carbocycles. The minimum absolute atomic E-state index is 0.412. The van der Waals surface area contributed by atoms with E-state index in [-0.39, 0.29) is 0 Å². The molecule has 0 fully saturated rings. The van der Waals surface area contributed by atoms with Crippen LogP contribution in [0.1, 0.15) is 40.3 Å². The summed E-state index contributed by atoms with van der Waals surface area (Å²) in [6.45, 7) is 10.8. The van der Waals surface area contributed by atoms with Crippen LogP contribution < -0.4 is 0 Å². The lowest BCUT2D eigenvalue weighted by atomic mass is 9.67. The van der Waals surface area contributed by atoms with E-state index in [1.165, 1.54) is 66.8 Å². The highest BCUT2D eigenvalue weighted by molar-refractivity contribution is 6.30. The molecule has 0 saturated heterocycles. The van der Waals surface area contributed by atoms with Gasteiger partial charge in [0.15, 0.2) is 0 Å². The Morgan fingerprint density at radius 1 is 0.743 bits per heavy atom. The molecule has 0 radical (unpaired) electrons. The molecule has 0 aromatic heterocycles. The Balaban J connectivity index is 1.85. The molecule has 4 aromatic carbocycles. The summed E-state index contributed by atoms with van der Waals surface area (Å²) in [5.74, 6) is 0. The number of aryl methyl sites for hydroxylation is 2. The number of rotatable bonds is 3. The second kappa shape index (κ2) is 7.97. The Labute approximate surface area is 212 Å². The average Bonchev–Trinajstić information content (AvgIpc) is 3.30. The van der Waals surface area contributed by atoms with Crippen molar-refractivity contribution in [3.63, 3.8) is 0 Å². The third-order valence-corrected chi connectivity index (χ3v) is 7.82. The van der Waals surface area contributed by atoms with Gasteiger partial charge >= 0.3 is 0 Å². The zero-order valence-corrected chi connectivity index (χ0v) is 21.1. The van der Waals surface area contributed by atoms with Crippen molar-refractivity contribution in [2.75, 3.05) is 0 Å². The van der Waals surface area contributed by atoms with Gasteiger partial charge in [0.1, 0.15) is 0 Å². The van der Waals surface area contributed by atoms with Crippen LogP contribution in [-0.4, -0.2) is 0 Å². The molecule has 2 aliphatic rings. The molecule has 0 unspecified atom stereocenters. The molecular weight excluding hydrogens is 444 g/mol. The van der Waals surface area contributed by atoms with E-state index in [0.717, 1.165) is 5.02 Å². The predicted molar refractivity (Wildman–Crippen MR) is 150 cm³/mol. The van der Waals surface area contributed by atoms with Crippen molar-refractivity contribution in [1.29, 1.82) is 0 Å². The van der Waals surface area contributed by atoms with Crippen LogP contribution in [-0.2, 0) is 5.41 Å². The molecule has 1 spiro atoms. The Morgan fingerprint density at radius 3 is 1.91 bits per heavy atom. The van der Waals surface area contributed by atoms with Crippen LogP contribution in [0.25, 0.3) is 27.8 Å². The molecule has 0 saturated carbocycles. The molecule has 0 nitrogen and oxygen atoms in total. The summed E-state index contributed by atoms with van der Waals surface area (Å²) in [6.07, 6.45) is 6.50. The maximum Gasteiger partial charge on any atom is 0.0731 e. The van der Waals surface area contributed by atoms with E-state index in [1.54, 1.807) is 0 Å². The average molecular weight is 471 g/mol. The van der Waals surface area contributed by atoms with Gasteiger partial charge in [-0.05, 0) is 88.6 Å². The zero-order valence-electron chi connectivity index (χ0n) is 20.3. The van der Waals surface area contributed by atoms with Gasteiger partial charge in [0.2, 0.25) is 0 Å². The molecule has 0 atom stereocenters. The summed E-state index contributed by atoms with van der Waals surface area (Å²) in [6, 6.07) is 28.8. The fourth-order valence-corrected chi connectivity index (χ4v) is 6.37. The number of fused-ring (bicyclic) bond motifs is 7. The van der Waals surface area contributed by atoms with E-state index < -0.39 is 5.41 Å². The van der Waals surface area contributed by atoms with Gasteiger partial charge in [-0.25, -0.2) is 0 Å². The first kappa shape index (κ1) is 21.9. The van der Waals surface area contributed by atoms with Gasteiger partial charge < -0.3 is 0 Å². The Morgan fingerprint density at radius 2 is 1.34 bits per heavy atom. The van der Waals surface area contributed by atoms with Crippen LogP contribution >= 0.6 is 11.6 Å². The number of halogens is 1. The predicted octanol–water partition coefficient (Wildman–Crippen LogP) is 9.47. The molecule has 4 aromatic rings. The lowest BCUT2D eigenvalue weighted by Gasteiger charge is -2.33. The van der Waals surface area contributed by atoms with Crippen molar-refractivity contribution >= 4 is 17.2 Å². The van der Waals surface area contributed by atoms with E-state index in [9.17, 15) is 0 Å². The minimum Gasteiger partial charge on any atom is -0.0984 e. The van der Waals surface area contributed by atoms with Crippen molar-refractivity contribution in [1.82, 2.24) is 0 Å². The Bertz CT molecular complexity index is 1530. The fourth-order valence-electron chi connectivity index (χ4n) is 6.24. The van der Waals surface area contributed by atoms with E-state index in [0.29, 0.717) is 0 Å². The SMILES string of the molecule is C=CC1=C(/C=C\C)C2(c3cc(C)ccc3-c3ccc(C)cc32)c2c1cccc2-c1ccc(Cl)cc1. The second-order valence-electron chi connectivity index (χ2n) is 9.61. The number of allylic oxidation sites excluding steroid dienone is 5. The lowest BCUT2D eigenvalue weighted by Crippen LogP contribution is -2.28. The number of hydrogen-bond donors (Lipinski definition) is 0. The molecule has 0 N–H and O–H groups in total. The molecule has 0 heterocycles. The summed E-state index contributed by atoms with van der Waals surface area (Å²) < 4.78 is 0. The smallest absolute Gasteiger partial charge is 0.0731 e. The topological polar surface area (TPSA) is 0 Å². The van der Waals surface area contributed by atoms with Crippen molar-refractivity contribution in [3.05, 3.63) is 148 Å². The van der Waals surface area contributed by atoms with E-state index in [2.05, 4.69) is 106 Å². The molecular formula is C34H27Cl. The first-order valence-corrected chi connectivity index (χ1v) is 12.5. The molecule has 35 heavy (non-hydrogen) atoms. The summed E-state index contributed by atoms with van der Waals surface area (Å²) in [5, 5.41) is 0.748. The molecule has 1 heteroatoms. The van der Waals surface area contributed by atoms with Gasteiger partial charge in [0.05, 0.1) is 5.41 Å². The minimum atomic E-state index is -0.412. The lowest BCUT2D eigenvalue weighted by molar-refractivity contribution is 0.786. The number of hydrogen-bond acceptors (Lipinski definition) is 0. The first-order chi connectivity index (χ1) is 17.0. The fraction of sp³-hybridized carbons (Fsp3) is 0.118. The highest BCUT2D eigenvalue weighted by Gasteiger charge is 2.53. The van der Waals surface area contributed by atoms with Gasteiger partial charge in [-0.15, -0.1) is 0 Å². The monoisotopic (exact) mass is 470 g/mol. The molecule has 6 rings (SSSR count). The van der Waals surface area contributed by atoms with E-state index in [1.807, 2.05) is 18.2 Å². The summed E-state index contributed by atoms with van der Waals surface area (Å²) in [5.41, 5.74) is 15.0. The quantitative estimate of drug-likeness (QED) is 0.279. The summed E-state index contributed by atoms with van der Waals surface area (Å²) in [4.78, 5) is 0. The second-order valence-corrected chi connectivity index (χ2v) is 10.1. The van der Waals surface area contributed by atoms with Crippen molar-refractivity contribution in [3.8, 4) is 22.3 Å². The molecule has 0 amide bonds. The third kappa shape index (κ3) is 2.93. The summed E-state index contributed by atoms with van der Waals surface area (Å²) >= 11 is 6.29. The van der Waals surface area contributed by atoms with Crippen LogP contribution in [0.5, 0.6) is 0 Å². The van der Waals surface area contributed by atoms with Gasteiger partial charge in [0.25, 0.3) is 0 Å². The van der Waals surface area contributed by atoms with E-state index in [4.69, 9.17) is 11.6 Å². The largest absolute Gasteiger partial charge is 0.0984 e. The number of benzene rings is 4. The van der Waals surface area contributed by atoms with E-state index >= 15 is 0 Å². The van der Waals surface area contributed by atoms with Crippen LogP contribution in [0, 0.1) is 13.8 Å². The third-order valence-electron chi connectivity index (χ3n) is 7.56. The van der Waals surface area contributed by atoms with Crippen LogP contribution in [0.4, 0.5) is 0 Å². The highest BCUT2D eigenvalue weighted by Crippen LogP contribution is 2.64. The van der Waals surface area contributed by atoms with Crippen LogP contribution in [0.2, 0.25) is 5.02 Å². The van der Waals surface area contributed by atoms with Crippen molar-refractivity contribution in [2.24, 2.45) is 0 Å². The maximum atomic E-state index is 6.29. The van der Waals surface area contributed by atoms with Gasteiger partial charge in [0, 0.05) is 5.02 Å². The highest BCUT2D eigenvalue weighted by atomic mass is 35.5. The van der Waals surface area contributed by atoms with Gasteiger partial charge in [-0.1, -0.05) is 114 Å². The van der Waals surface area contributed by atoms with Gasteiger partial charge in [-0.3, -0.25) is 0 Å². The molecule has 170 valence electrons. The first-order valence-electron chi connectivity index (χ1n) is 12.1. The normalized spacial score (nSPS) is 15.0. The molecule has 0 aliphatic heterocycles. The van der Waals surface area contributed by atoms with Gasteiger partial charge in [-0.2, -0.15) is 0 Å². The van der Waals surface area contributed by atoms with Crippen molar-refractivity contribution in [2.45, 2.75) is 26.2 Å². The Kier molecular flexibility index (Phi) is 4.99. The standard InChI is InChI=1S/C34H27Cl/c1-5-8-30-25(6-2)29-10-7-9-26(23-13-15-24(35)16-14-23)33(29)34(30)31-19-21(3)11-17-27(31)28-18-12-22(4)20-32(28)34/h5-20H,2H2,1,3-4H3/b8-5-. The zero-order chi connectivity index (χ0) is 24.3. The molecule has 0 bridgehead atoms. The summed E-state index contributed by atoms with van der Waals surface area (Å²) in [7, 11) is 0. The van der Waals surface area contributed by atoms with Crippen LogP contribution in [0.15, 0.2) is 109 Å². The Hall–Kier alpha value is -3.61.